The second kappa shape index (κ2) is 9.84. The van der Waals surface area contributed by atoms with E-state index in [0.29, 0.717) is 41.8 Å². The van der Waals surface area contributed by atoms with E-state index in [1.807, 2.05) is 30.3 Å². The van der Waals surface area contributed by atoms with Crippen molar-refractivity contribution in [3.63, 3.8) is 0 Å². The molecule has 0 radical (unpaired) electrons. The molecule has 3 aromatic carbocycles. The quantitative estimate of drug-likeness (QED) is 0.402. The zero-order valence-electron chi connectivity index (χ0n) is 20.4. The van der Waals surface area contributed by atoms with Crippen LogP contribution in [0.4, 0.5) is 0 Å². The average molecular weight is 530 g/mol. The van der Waals surface area contributed by atoms with Crippen molar-refractivity contribution in [1.29, 1.82) is 0 Å². The van der Waals surface area contributed by atoms with Crippen molar-refractivity contribution >= 4 is 21.7 Å². The Kier molecular flexibility index (Phi) is 6.76. The minimum Gasteiger partial charge on any atom is -0.493 e. The number of ether oxygens (including phenoxy) is 3. The summed E-state index contributed by atoms with van der Waals surface area (Å²) in [6.45, 7) is 1.73. The summed E-state index contributed by atoms with van der Waals surface area (Å²) in [7, 11) is -0.624. The van der Waals surface area contributed by atoms with E-state index in [0.717, 1.165) is 41.5 Å². The Labute approximate surface area is 216 Å². The predicted molar refractivity (Wildman–Crippen MR) is 138 cm³/mol. The van der Waals surface area contributed by atoms with Gasteiger partial charge in [0.1, 0.15) is 6.61 Å². The van der Waals surface area contributed by atoms with Crippen LogP contribution in [0.3, 0.4) is 0 Å². The van der Waals surface area contributed by atoms with Gasteiger partial charge in [0.05, 0.1) is 20.5 Å². The standard InChI is InChI=1S/C27H28ClNO6S/c1-32-24-11-18-9-10-29-15-21-20(22(28)14-26(33-2)27(21)35-36(3,30)31)12-23(29)19(18)13-25(24)34-16-17-7-5-4-6-8-17/h4-8,11,13-14,23H,9-10,12,15-16H2,1-3H3. The van der Waals surface area contributed by atoms with Crippen molar-refractivity contribution in [2.75, 3.05) is 27.0 Å². The molecule has 2 heterocycles. The van der Waals surface area contributed by atoms with Gasteiger partial charge in [0, 0.05) is 35.8 Å². The predicted octanol–water partition coefficient (Wildman–Crippen LogP) is 4.93. The highest BCUT2D eigenvalue weighted by molar-refractivity contribution is 7.86. The van der Waals surface area contributed by atoms with E-state index in [1.165, 1.54) is 12.7 Å². The number of halogens is 1. The molecule has 0 bridgehead atoms. The van der Waals surface area contributed by atoms with Crippen molar-refractivity contribution in [1.82, 2.24) is 4.90 Å². The molecule has 36 heavy (non-hydrogen) atoms. The summed E-state index contributed by atoms with van der Waals surface area (Å²) in [5, 5.41) is 0.531. The van der Waals surface area contributed by atoms with Crippen LogP contribution < -0.4 is 18.4 Å². The average Bonchev–Trinajstić information content (AvgIpc) is 2.87. The Bertz CT molecular complexity index is 1390. The van der Waals surface area contributed by atoms with Gasteiger partial charge < -0.3 is 18.4 Å². The first kappa shape index (κ1) is 24.7. The molecule has 190 valence electrons. The summed E-state index contributed by atoms with van der Waals surface area (Å²) in [5.41, 5.74) is 5.06. The van der Waals surface area contributed by atoms with Crippen molar-refractivity contribution in [2.45, 2.75) is 32.0 Å². The van der Waals surface area contributed by atoms with Crippen LogP contribution >= 0.6 is 11.6 Å². The Hall–Kier alpha value is -2.94. The first-order chi connectivity index (χ1) is 17.3. The SMILES string of the molecule is COc1cc2c(cc1OCc1ccccc1)C1Cc3c(Cl)cc(OC)c(OS(C)(=O)=O)c3CN1CC2. The molecule has 2 aliphatic heterocycles. The molecule has 0 aliphatic carbocycles. The Morgan fingerprint density at radius 1 is 1.00 bits per heavy atom. The number of rotatable bonds is 7. The largest absolute Gasteiger partial charge is 0.493 e. The number of fused-ring (bicyclic) bond motifs is 4. The number of benzene rings is 3. The minimum absolute atomic E-state index is 0.0585. The molecule has 0 saturated carbocycles. The van der Waals surface area contributed by atoms with Crippen molar-refractivity contribution in [2.24, 2.45) is 0 Å². The summed E-state index contributed by atoms with van der Waals surface area (Å²) in [5.74, 6) is 1.92. The monoisotopic (exact) mass is 529 g/mol. The maximum atomic E-state index is 12.0. The summed E-state index contributed by atoms with van der Waals surface area (Å²) in [6.07, 6.45) is 2.47. The third kappa shape index (κ3) is 4.85. The zero-order valence-corrected chi connectivity index (χ0v) is 22.0. The smallest absolute Gasteiger partial charge is 0.306 e. The zero-order chi connectivity index (χ0) is 25.4. The highest BCUT2D eigenvalue weighted by atomic mass is 35.5. The van der Waals surface area contributed by atoms with Crippen molar-refractivity contribution in [3.05, 3.63) is 81.4 Å². The molecule has 3 aromatic rings. The van der Waals surface area contributed by atoms with Crippen molar-refractivity contribution < 1.29 is 26.8 Å². The molecule has 0 spiro atoms. The lowest BCUT2D eigenvalue weighted by molar-refractivity contribution is 0.158. The van der Waals surface area contributed by atoms with E-state index >= 15 is 0 Å². The Morgan fingerprint density at radius 3 is 2.44 bits per heavy atom. The van der Waals surface area contributed by atoms with E-state index in [9.17, 15) is 8.42 Å². The van der Waals surface area contributed by atoms with Crippen LogP contribution in [-0.4, -0.2) is 40.3 Å². The fourth-order valence-corrected chi connectivity index (χ4v) is 5.85. The molecule has 0 amide bonds. The van der Waals surface area contributed by atoms with E-state index in [1.54, 1.807) is 13.2 Å². The molecule has 2 aliphatic rings. The number of hydrogen-bond donors (Lipinski definition) is 0. The third-order valence-electron chi connectivity index (χ3n) is 6.75. The normalized spacial score (nSPS) is 16.9. The lowest BCUT2D eigenvalue weighted by Gasteiger charge is -2.42. The van der Waals surface area contributed by atoms with E-state index in [-0.39, 0.29) is 11.8 Å². The fourth-order valence-electron chi connectivity index (χ4n) is 5.07. The van der Waals surface area contributed by atoms with Gasteiger partial charge in [-0.05, 0) is 47.2 Å². The Balaban J connectivity index is 1.52. The van der Waals surface area contributed by atoms with Crippen LogP contribution in [0.25, 0.3) is 0 Å². The maximum Gasteiger partial charge on any atom is 0.306 e. The molecule has 5 rings (SSSR count). The van der Waals surface area contributed by atoms with Crippen LogP contribution in [-0.2, 0) is 36.1 Å². The molecular weight excluding hydrogens is 502 g/mol. The molecular formula is C27H28ClNO6S. The lowest BCUT2D eigenvalue weighted by Crippen LogP contribution is -2.39. The van der Waals surface area contributed by atoms with E-state index in [4.69, 9.17) is 30.0 Å². The lowest BCUT2D eigenvalue weighted by atomic mass is 9.83. The second-order valence-electron chi connectivity index (χ2n) is 9.05. The third-order valence-corrected chi connectivity index (χ3v) is 7.56. The molecule has 0 fully saturated rings. The van der Waals surface area contributed by atoms with Gasteiger partial charge in [0.15, 0.2) is 23.0 Å². The summed E-state index contributed by atoms with van der Waals surface area (Å²) in [4.78, 5) is 2.32. The second-order valence-corrected chi connectivity index (χ2v) is 11.0. The highest BCUT2D eigenvalue weighted by Gasteiger charge is 2.37. The van der Waals surface area contributed by atoms with Gasteiger partial charge in [0.25, 0.3) is 0 Å². The topological polar surface area (TPSA) is 74.3 Å². The number of hydrogen-bond acceptors (Lipinski definition) is 7. The van der Waals surface area contributed by atoms with Crippen LogP contribution in [0, 0.1) is 0 Å². The van der Waals surface area contributed by atoms with Crippen molar-refractivity contribution in [3.8, 4) is 23.0 Å². The molecule has 7 nitrogen and oxygen atoms in total. The van der Waals surface area contributed by atoms with Gasteiger partial charge >= 0.3 is 10.1 Å². The Morgan fingerprint density at radius 2 is 1.75 bits per heavy atom. The van der Waals surface area contributed by atoms with E-state index in [2.05, 4.69) is 17.0 Å². The van der Waals surface area contributed by atoms with Gasteiger partial charge in [-0.25, -0.2) is 0 Å². The first-order valence-electron chi connectivity index (χ1n) is 11.7. The molecule has 9 heteroatoms. The van der Waals surface area contributed by atoms with E-state index < -0.39 is 10.1 Å². The summed E-state index contributed by atoms with van der Waals surface area (Å²) in [6, 6.07) is 15.8. The van der Waals surface area contributed by atoms with Gasteiger partial charge in [-0.15, -0.1) is 0 Å². The number of nitrogens with zero attached hydrogens (tertiary/aromatic N) is 1. The summed E-state index contributed by atoms with van der Waals surface area (Å²) >= 11 is 6.68. The van der Waals surface area contributed by atoms with Crippen LogP contribution in [0.5, 0.6) is 23.0 Å². The van der Waals surface area contributed by atoms with Gasteiger partial charge in [0.2, 0.25) is 0 Å². The van der Waals surface area contributed by atoms with Crippen LogP contribution in [0.2, 0.25) is 5.02 Å². The summed E-state index contributed by atoms with van der Waals surface area (Å²) < 4.78 is 46.6. The van der Waals surface area contributed by atoms with Gasteiger partial charge in [-0.3, -0.25) is 4.90 Å². The molecule has 0 aromatic heterocycles. The fraction of sp³-hybridized carbons (Fsp3) is 0.333. The van der Waals surface area contributed by atoms with Crippen LogP contribution in [0.15, 0.2) is 48.5 Å². The van der Waals surface area contributed by atoms with Gasteiger partial charge in [-0.2, -0.15) is 8.42 Å². The van der Waals surface area contributed by atoms with Crippen LogP contribution in [0.1, 0.15) is 33.9 Å². The number of methoxy groups -OCH3 is 2. The highest BCUT2D eigenvalue weighted by Crippen LogP contribution is 2.48. The first-order valence-corrected chi connectivity index (χ1v) is 13.9. The molecule has 0 saturated heterocycles. The maximum absolute atomic E-state index is 12.0. The molecule has 0 N–H and O–H groups in total. The minimum atomic E-state index is -3.75. The molecule has 1 atom stereocenters. The van der Waals surface area contributed by atoms with Gasteiger partial charge in [-0.1, -0.05) is 41.9 Å². The molecule has 1 unspecified atom stereocenters.